The molecule has 4 aliphatic rings. The minimum atomic E-state index is -0.416. The van der Waals surface area contributed by atoms with Crippen LogP contribution in [0.4, 0.5) is 0 Å². The third-order valence-corrected chi connectivity index (χ3v) is 9.91. The molecule has 0 saturated carbocycles. The van der Waals surface area contributed by atoms with Crippen molar-refractivity contribution in [1.29, 1.82) is 0 Å². The number of aliphatic hydroxyl groups excluding tert-OH is 1. The second-order valence-corrected chi connectivity index (χ2v) is 13.2. The van der Waals surface area contributed by atoms with Crippen LogP contribution in [0, 0.1) is 18.0 Å². The van der Waals surface area contributed by atoms with Gasteiger partial charge in [0.15, 0.2) is 0 Å². The number of methoxy groups -OCH3 is 1. The number of aromatic amines is 1. The summed E-state index contributed by atoms with van der Waals surface area (Å²) in [7, 11) is 1.66. The Morgan fingerprint density at radius 1 is 0.959 bits per heavy atom. The van der Waals surface area contributed by atoms with E-state index in [2.05, 4.69) is 68.1 Å². The fourth-order valence-corrected chi connectivity index (χ4v) is 7.09. The summed E-state index contributed by atoms with van der Waals surface area (Å²) in [5, 5.41) is 19.8. The molecule has 3 atom stereocenters. The monoisotopic (exact) mass is 787 g/mol. The van der Waals surface area contributed by atoms with Crippen LogP contribution in [-0.2, 0) is 58.4 Å². The molecule has 4 aliphatic heterocycles. The van der Waals surface area contributed by atoms with Crippen LogP contribution in [0.15, 0.2) is 36.8 Å². The van der Waals surface area contributed by atoms with Gasteiger partial charge in [-0.3, -0.25) is 12.6 Å². The predicted molar refractivity (Wildman–Crippen MR) is 187 cm³/mol. The van der Waals surface area contributed by atoms with Crippen LogP contribution in [0.3, 0.4) is 0 Å². The molecule has 3 unspecified atom stereocenters. The summed E-state index contributed by atoms with van der Waals surface area (Å²) in [5.74, 6) is 0.764. The van der Waals surface area contributed by atoms with Gasteiger partial charge in [-0.1, -0.05) is 51.1 Å². The molecule has 292 valence electrons. The van der Waals surface area contributed by atoms with E-state index in [0.717, 1.165) is 115 Å². The zero-order valence-corrected chi connectivity index (χ0v) is 31.3. The Balaban J connectivity index is 0.00000134. The first kappa shape index (κ1) is 48.0. The van der Waals surface area contributed by atoms with Crippen molar-refractivity contribution in [2.24, 2.45) is 5.92 Å². The summed E-state index contributed by atoms with van der Waals surface area (Å²) < 4.78 is 6.13. The van der Waals surface area contributed by atoms with E-state index in [1.807, 2.05) is 6.20 Å². The van der Waals surface area contributed by atoms with Crippen LogP contribution in [0.1, 0.15) is 37.1 Å². The Hall–Kier alpha value is -0.971. The smallest absolute Gasteiger partial charge is 0.124 e. The largest absolute Gasteiger partial charge is 0.686 e. The van der Waals surface area contributed by atoms with Gasteiger partial charge in [0.05, 0.1) is 26.0 Å². The van der Waals surface area contributed by atoms with E-state index in [9.17, 15) is 5.11 Å². The standard InChI is InChI=1S/C26H41N6O2.C8H14N2.2Cu.3H2O/c1-34-21-26(33)20-32-12-7-28-15-25(32)19-30(11-13-32)17-23-5-3-2-4-22(23)16-29-9-10-31-8-6-27-14-24(31)18-29;1-3-7(2)4-8-5-9-6-10-8;;;;;/h2-5,26,33H,6-21H2,1H3;5-7H,3-4H2,1-2H3,(H,9,10);;;3*1H2/q-3;;;;;;. The zero-order valence-electron chi connectivity index (χ0n) is 29.4. The Morgan fingerprint density at radius 3 is 2.31 bits per heavy atom. The summed E-state index contributed by atoms with van der Waals surface area (Å²) in [6.07, 6.45) is 5.57. The SMILES string of the molecule is CCC(C)Cc1cnc[nH]1.COCC(O)C[N+]12CC[N-]C[C-]1CN(Cc1ccccc1CN1CCN3CC[N-]C[C-]3C1)CC2.O.O.O.[Cu].[Cu]. The number of hydrogen-bond acceptors (Lipinski definition) is 6. The maximum Gasteiger partial charge on any atom is 0.124 e. The van der Waals surface area contributed by atoms with Crippen molar-refractivity contribution in [1.82, 2.24) is 24.7 Å². The molecular formula is C34H61Cu2N8O5-3. The average molecular weight is 789 g/mol. The van der Waals surface area contributed by atoms with Crippen molar-refractivity contribution in [3.8, 4) is 0 Å². The van der Waals surface area contributed by atoms with Crippen LogP contribution in [0.2, 0.25) is 0 Å². The molecule has 0 bridgehead atoms. The molecule has 6 rings (SSSR count). The molecule has 15 heteroatoms. The molecule has 49 heavy (non-hydrogen) atoms. The first-order valence-electron chi connectivity index (χ1n) is 16.7. The summed E-state index contributed by atoms with van der Waals surface area (Å²) in [5.41, 5.74) is 4.13. The Bertz CT molecular complexity index is 1130. The van der Waals surface area contributed by atoms with E-state index in [4.69, 9.17) is 10.1 Å². The van der Waals surface area contributed by atoms with Crippen molar-refractivity contribution < 1.29 is 64.9 Å². The zero-order chi connectivity index (χ0) is 30.8. The van der Waals surface area contributed by atoms with E-state index >= 15 is 0 Å². The van der Waals surface area contributed by atoms with Crippen molar-refractivity contribution >= 4 is 0 Å². The molecule has 1 aromatic carbocycles. The van der Waals surface area contributed by atoms with E-state index in [0.29, 0.717) is 6.61 Å². The molecular weight excluding hydrogens is 728 g/mol. The summed E-state index contributed by atoms with van der Waals surface area (Å²) in [4.78, 5) is 14.8. The van der Waals surface area contributed by atoms with Gasteiger partial charge in [0.25, 0.3) is 0 Å². The van der Waals surface area contributed by atoms with Crippen LogP contribution in [0.5, 0.6) is 0 Å². The van der Waals surface area contributed by atoms with E-state index in [1.54, 1.807) is 13.4 Å². The van der Waals surface area contributed by atoms with Crippen molar-refractivity contribution in [2.45, 2.75) is 45.9 Å². The van der Waals surface area contributed by atoms with Gasteiger partial charge in [-0.2, -0.15) is 0 Å². The molecule has 4 saturated heterocycles. The van der Waals surface area contributed by atoms with Gasteiger partial charge in [0, 0.05) is 85.9 Å². The van der Waals surface area contributed by atoms with E-state index < -0.39 is 6.10 Å². The normalized spacial score (nSPS) is 22.9. The summed E-state index contributed by atoms with van der Waals surface area (Å²) in [6, 6.07) is 11.9. The molecule has 5 heterocycles. The second kappa shape index (κ2) is 24.3. The van der Waals surface area contributed by atoms with Crippen molar-refractivity contribution in [3.05, 3.63) is 76.3 Å². The molecule has 1 aromatic heterocycles. The molecule has 4 fully saturated rings. The fraction of sp³-hybridized carbons (Fsp3) is 0.676. The number of hydrogen-bond donors (Lipinski definition) is 2. The Kier molecular flexibility index (Phi) is 23.8. The van der Waals surface area contributed by atoms with Crippen LogP contribution < -0.4 is 0 Å². The van der Waals surface area contributed by atoms with Crippen molar-refractivity contribution in [3.63, 3.8) is 0 Å². The predicted octanol–water partition coefficient (Wildman–Crippen LogP) is 0.802. The van der Waals surface area contributed by atoms with E-state index in [-0.39, 0.29) is 50.6 Å². The number of aliphatic hydroxyl groups is 1. The third kappa shape index (κ3) is 13.8. The molecule has 0 aliphatic carbocycles. The first-order valence-corrected chi connectivity index (χ1v) is 16.7. The van der Waals surface area contributed by atoms with E-state index in [1.165, 1.54) is 35.3 Å². The van der Waals surface area contributed by atoms with Crippen molar-refractivity contribution in [2.75, 3.05) is 98.8 Å². The molecule has 2 radical (unpaired) electrons. The number of nitrogens with zero attached hydrogens (tertiary/aromatic N) is 7. The minimum Gasteiger partial charge on any atom is -0.686 e. The number of imidazole rings is 1. The number of piperazine rings is 4. The van der Waals surface area contributed by atoms with Gasteiger partial charge in [-0.05, 0) is 36.6 Å². The van der Waals surface area contributed by atoms with Gasteiger partial charge >= 0.3 is 0 Å². The number of aromatic nitrogens is 2. The van der Waals surface area contributed by atoms with Gasteiger partial charge in [0.2, 0.25) is 0 Å². The summed E-state index contributed by atoms with van der Waals surface area (Å²) >= 11 is 0. The topological polar surface area (TPSA) is 191 Å². The number of benzene rings is 1. The molecule has 0 spiro atoms. The maximum atomic E-state index is 10.5. The minimum absolute atomic E-state index is 0. The molecule has 13 nitrogen and oxygen atoms in total. The molecule has 0 amide bonds. The number of ether oxygens (including phenoxy) is 1. The number of fused-ring (bicyclic) bond motifs is 2. The number of quaternary nitrogens is 1. The van der Waals surface area contributed by atoms with Gasteiger partial charge in [-0.15, -0.1) is 25.7 Å². The van der Waals surface area contributed by atoms with Gasteiger partial charge in [0.1, 0.15) is 6.10 Å². The van der Waals surface area contributed by atoms with Gasteiger partial charge in [-0.25, -0.2) is 11.5 Å². The van der Waals surface area contributed by atoms with Gasteiger partial charge < -0.3 is 61.1 Å². The third-order valence-electron chi connectivity index (χ3n) is 9.91. The number of nitrogens with one attached hydrogen (secondary N) is 1. The fourth-order valence-electron chi connectivity index (χ4n) is 7.09. The molecule has 8 N–H and O–H groups in total. The van der Waals surface area contributed by atoms with Crippen LogP contribution >= 0.6 is 0 Å². The quantitative estimate of drug-likeness (QED) is 0.192. The Labute approximate surface area is 315 Å². The first-order chi connectivity index (χ1) is 21.5. The van der Waals surface area contributed by atoms with Crippen LogP contribution in [0.25, 0.3) is 10.6 Å². The Morgan fingerprint density at radius 2 is 1.65 bits per heavy atom. The number of rotatable bonds is 11. The number of H-pyrrole nitrogens is 1. The average Bonchev–Trinajstić information content (AvgIpc) is 3.55. The maximum absolute atomic E-state index is 10.5. The summed E-state index contributed by atoms with van der Waals surface area (Å²) in [6.45, 7) is 19.7. The second-order valence-electron chi connectivity index (χ2n) is 13.2. The molecule has 2 aromatic rings. The van der Waals surface area contributed by atoms with Crippen LogP contribution in [-0.4, -0.2) is 156 Å².